The molecule has 0 aliphatic heterocycles. The third-order valence-corrected chi connectivity index (χ3v) is 3.31. The van der Waals surface area contributed by atoms with Crippen LogP contribution in [0, 0.1) is 5.92 Å². The molecule has 106 valence electrons. The standard InChI is InChI=1S/C16H27N3/c1-4-5-15-8-13(11-17-14-6-7-14)9-16(19-15)18-10-12(2)3/h8-9,12,14,17H,4-7,10-11H2,1-3H3,(H,18,19). The number of hydrogen-bond donors (Lipinski definition) is 2. The fraction of sp³-hybridized carbons (Fsp3) is 0.688. The van der Waals surface area contributed by atoms with Crippen molar-refractivity contribution in [2.75, 3.05) is 11.9 Å². The monoisotopic (exact) mass is 261 g/mol. The largest absolute Gasteiger partial charge is 0.370 e. The van der Waals surface area contributed by atoms with Crippen LogP contribution in [0.25, 0.3) is 0 Å². The Morgan fingerprint density at radius 3 is 2.74 bits per heavy atom. The molecular formula is C16H27N3. The minimum atomic E-state index is 0.643. The molecule has 1 aliphatic carbocycles. The zero-order valence-electron chi connectivity index (χ0n) is 12.5. The quantitative estimate of drug-likeness (QED) is 0.753. The summed E-state index contributed by atoms with van der Waals surface area (Å²) in [5.41, 5.74) is 2.57. The smallest absolute Gasteiger partial charge is 0.126 e. The number of hydrogen-bond acceptors (Lipinski definition) is 3. The lowest BCUT2D eigenvalue weighted by molar-refractivity contribution is 0.679. The second-order valence-electron chi connectivity index (χ2n) is 6.03. The van der Waals surface area contributed by atoms with Gasteiger partial charge in [-0.15, -0.1) is 0 Å². The Hall–Kier alpha value is -1.09. The van der Waals surface area contributed by atoms with Crippen molar-refractivity contribution >= 4 is 5.82 Å². The summed E-state index contributed by atoms with van der Waals surface area (Å²) in [6, 6.07) is 5.20. The van der Waals surface area contributed by atoms with E-state index in [-0.39, 0.29) is 0 Å². The maximum atomic E-state index is 4.70. The van der Waals surface area contributed by atoms with Crippen LogP contribution in [-0.4, -0.2) is 17.6 Å². The summed E-state index contributed by atoms with van der Waals surface area (Å²) in [6.45, 7) is 8.60. The van der Waals surface area contributed by atoms with Crippen molar-refractivity contribution < 1.29 is 0 Å². The van der Waals surface area contributed by atoms with Crippen LogP contribution in [0.4, 0.5) is 5.82 Å². The Morgan fingerprint density at radius 2 is 2.11 bits per heavy atom. The minimum absolute atomic E-state index is 0.643. The van der Waals surface area contributed by atoms with Crippen molar-refractivity contribution in [1.29, 1.82) is 0 Å². The first kappa shape index (κ1) is 14.3. The Labute approximate surface area is 117 Å². The molecule has 0 atom stereocenters. The van der Waals surface area contributed by atoms with Crippen LogP contribution >= 0.6 is 0 Å². The fourth-order valence-electron chi connectivity index (χ4n) is 2.09. The van der Waals surface area contributed by atoms with Gasteiger partial charge in [-0.3, -0.25) is 0 Å². The molecule has 1 heterocycles. The van der Waals surface area contributed by atoms with Gasteiger partial charge in [-0.05, 0) is 42.9 Å². The van der Waals surface area contributed by atoms with Gasteiger partial charge in [0.15, 0.2) is 0 Å². The highest BCUT2D eigenvalue weighted by atomic mass is 15.0. The Morgan fingerprint density at radius 1 is 1.32 bits per heavy atom. The fourth-order valence-corrected chi connectivity index (χ4v) is 2.09. The molecule has 1 aromatic heterocycles. The van der Waals surface area contributed by atoms with E-state index in [1.807, 2.05) is 0 Å². The highest BCUT2D eigenvalue weighted by Gasteiger charge is 2.20. The van der Waals surface area contributed by atoms with E-state index < -0.39 is 0 Å². The van der Waals surface area contributed by atoms with E-state index in [9.17, 15) is 0 Å². The average molecular weight is 261 g/mol. The van der Waals surface area contributed by atoms with E-state index in [2.05, 4.69) is 43.5 Å². The summed E-state index contributed by atoms with van der Waals surface area (Å²) >= 11 is 0. The molecule has 2 N–H and O–H groups in total. The minimum Gasteiger partial charge on any atom is -0.370 e. The summed E-state index contributed by atoms with van der Waals surface area (Å²) in [5.74, 6) is 1.68. The van der Waals surface area contributed by atoms with Crippen molar-refractivity contribution in [1.82, 2.24) is 10.3 Å². The number of rotatable bonds is 8. The van der Waals surface area contributed by atoms with Crippen LogP contribution in [0.15, 0.2) is 12.1 Å². The predicted molar refractivity (Wildman–Crippen MR) is 81.4 cm³/mol. The molecule has 0 spiro atoms. The summed E-state index contributed by atoms with van der Waals surface area (Å²) in [6.07, 6.45) is 4.89. The zero-order valence-corrected chi connectivity index (χ0v) is 12.5. The van der Waals surface area contributed by atoms with E-state index in [1.54, 1.807) is 0 Å². The van der Waals surface area contributed by atoms with Crippen LogP contribution in [0.1, 0.15) is 51.3 Å². The molecule has 0 saturated heterocycles. The van der Waals surface area contributed by atoms with Gasteiger partial charge in [0.2, 0.25) is 0 Å². The van der Waals surface area contributed by atoms with Crippen molar-refractivity contribution in [2.45, 2.75) is 59.0 Å². The number of pyridine rings is 1. The zero-order chi connectivity index (χ0) is 13.7. The number of aryl methyl sites for hydroxylation is 1. The molecule has 1 aliphatic rings. The topological polar surface area (TPSA) is 37.0 Å². The molecule has 0 bridgehead atoms. The second kappa shape index (κ2) is 6.90. The van der Waals surface area contributed by atoms with Crippen LogP contribution in [-0.2, 0) is 13.0 Å². The Kier molecular flexibility index (Phi) is 5.20. The molecule has 19 heavy (non-hydrogen) atoms. The highest BCUT2D eigenvalue weighted by Crippen LogP contribution is 2.20. The molecule has 3 heteroatoms. The van der Waals surface area contributed by atoms with Gasteiger partial charge in [0, 0.05) is 24.8 Å². The Balaban J connectivity index is 2.01. The molecule has 1 fully saturated rings. The van der Waals surface area contributed by atoms with E-state index in [0.29, 0.717) is 5.92 Å². The number of aromatic nitrogens is 1. The maximum absolute atomic E-state index is 4.70. The van der Waals surface area contributed by atoms with Crippen molar-refractivity contribution in [3.63, 3.8) is 0 Å². The van der Waals surface area contributed by atoms with Gasteiger partial charge >= 0.3 is 0 Å². The average Bonchev–Trinajstić information content (AvgIpc) is 3.18. The van der Waals surface area contributed by atoms with Gasteiger partial charge in [0.1, 0.15) is 5.82 Å². The summed E-state index contributed by atoms with van der Waals surface area (Å²) in [7, 11) is 0. The molecule has 1 saturated carbocycles. The van der Waals surface area contributed by atoms with E-state index in [1.165, 1.54) is 24.1 Å². The van der Waals surface area contributed by atoms with Gasteiger partial charge in [-0.2, -0.15) is 0 Å². The molecule has 0 aromatic carbocycles. The van der Waals surface area contributed by atoms with Gasteiger partial charge in [0.05, 0.1) is 0 Å². The molecule has 0 amide bonds. The Bertz CT molecular complexity index is 373. The van der Waals surface area contributed by atoms with Crippen molar-refractivity contribution in [3.8, 4) is 0 Å². The number of nitrogens with one attached hydrogen (secondary N) is 2. The summed E-state index contributed by atoms with van der Waals surface area (Å²) in [5, 5.41) is 7.03. The molecule has 2 rings (SSSR count). The maximum Gasteiger partial charge on any atom is 0.126 e. The van der Waals surface area contributed by atoms with Gasteiger partial charge in [-0.1, -0.05) is 27.2 Å². The SMILES string of the molecule is CCCc1cc(CNC2CC2)cc(NCC(C)C)n1. The first-order valence-corrected chi connectivity index (χ1v) is 7.64. The third-order valence-electron chi connectivity index (χ3n) is 3.31. The predicted octanol–water partition coefficient (Wildman–Crippen LogP) is 3.35. The van der Waals surface area contributed by atoms with Gasteiger partial charge < -0.3 is 10.6 Å². The summed E-state index contributed by atoms with van der Waals surface area (Å²) in [4.78, 5) is 4.70. The van der Waals surface area contributed by atoms with E-state index in [4.69, 9.17) is 4.98 Å². The number of nitrogens with zero attached hydrogens (tertiary/aromatic N) is 1. The van der Waals surface area contributed by atoms with E-state index in [0.717, 1.165) is 37.8 Å². The molecule has 3 nitrogen and oxygen atoms in total. The number of anilines is 1. The van der Waals surface area contributed by atoms with Crippen LogP contribution in [0.3, 0.4) is 0 Å². The molecule has 1 aromatic rings. The second-order valence-corrected chi connectivity index (χ2v) is 6.03. The normalized spacial score (nSPS) is 14.9. The lowest BCUT2D eigenvalue weighted by atomic mass is 10.1. The first-order valence-electron chi connectivity index (χ1n) is 7.64. The van der Waals surface area contributed by atoms with E-state index >= 15 is 0 Å². The van der Waals surface area contributed by atoms with Crippen LogP contribution < -0.4 is 10.6 Å². The van der Waals surface area contributed by atoms with Crippen molar-refractivity contribution in [3.05, 3.63) is 23.4 Å². The lowest BCUT2D eigenvalue weighted by Gasteiger charge is -2.12. The summed E-state index contributed by atoms with van der Waals surface area (Å²) < 4.78 is 0. The van der Waals surface area contributed by atoms with Gasteiger partial charge in [0.25, 0.3) is 0 Å². The van der Waals surface area contributed by atoms with Gasteiger partial charge in [-0.25, -0.2) is 4.98 Å². The van der Waals surface area contributed by atoms with Crippen LogP contribution in [0.5, 0.6) is 0 Å². The lowest BCUT2D eigenvalue weighted by Crippen LogP contribution is -2.16. The highest BCUT2D eigenvalue weighted by molar-refractivity contribution is 5.40. The first-order chi connectivity index (χ1) is 9.17. The van der Waals surface area contributed by atoms with Crippen molar-refractivity contribution in [2.24, 2.45) is 5.92 Å². The van der Waals surface area contributed by atoms with Crippen LogP contribution in [0.2, 0.25) is 0 Å². The third kappa shape index (κ3) is 5.19. The molecule has 0 radical (unpaired) electrons. The molecular weight excluding hydrogens is 234 g/mol. The molecule has 0 unspecified atom stereocenters.